The average Bonchev–Trinajstić information content (AvgIpc) is 3.62. The summed E-state index contributed by atoms with van der Waals surface area (Å²) in [4.78, 5) is 9.42. The van der Waals surface area contributed by atoms with Crippen molar-refractivity contribution in [2.75, 3.05) is 43.4 Å². The predicted molar refractivity (Wildman–Crippen MR) is 264 cm³/mol. The molecule has 3 aromatic carbocycles. The van der Waals surface area contributed by atoms with E-state index in [4.69, 9.17) is 15.8 Å². The zero-order valence-corrected chi connectivity index (χ0v) is 38.4. The molecule has 1 saturated heterocycles. The van der Waals surface area contributed by atoms with Gasteiger partial charge in [0.05, 0.1) is 22.5 Å². The Morgan fingerprint density at radius 1 is 0.954 bits per heavy atom. The number of aryl methyl sites for hydroxylation is 1. The van der Waals surface area contributed by atoms with Crippen LogP contribution in [0.2, 0.25) is 0 Å². The number of hydrogen-bond acceptors (Lipinski definition) is 7. The Balaban J connectivity index is 0.907. The first kappa shape index (κ1) is 46.9. The van der Waals surface area contributed by atoms with Gasteiger partial charge in [-0.05, 0) is 128 Å². The highest BCUT2D eigenvalue weighted by atomic mass is 19.4. The second-order valence-electron chi connectivity index (χ2n) is 18.1. The Morgan fingerprint density at radius 3 is 2.43 bits per heavy atom. The summed E-state index contributed by atoms with van der Waals surface area (Å²) in [5.74, 6) is 1.65. The minimum Gasteiger partial charge on any atom is -0.399 e. The van der Waals surface area contributed by atoms with Crippen LogP contribution in [-0.4, -0.2) is 52.9 Å². The van der Waals surface area contributed by atoms with Crippen LogP contribution < -0.4 is 21.3 Å². The number of likely N-dealkylation sites (tertiary alicyclic amines) is 1. The van der Waals surface area contributed by atoms with E-state index in [1.54, 1.807) is 18.2 Å². The summed E-state index contributed by atoms with van der Waals surface area (Å²) in [6, 6.07) is 20.8. The number of nitrogens with two attached hydrogens (primary N) is 1. The lowest BCUT2D eigenvalue weighted by Gasteiger charge is -2.33. The van der Waals surface area contributed by atoms with Gasteiger partial charge in [-0.15, -0.1) is 6.58 Å². The normalized spacial score (nSPS) is 15.6. The first-order valence-corrected chi connectivity index (χ1v) is 22.9. The number of allylic oxidation sites excluding steroid dienone is 2. The molecule has 7 rings (SSSR count). The van der Waals surface area contributed by atoms with Crippen molar-refractivity contribution in [3.8, 4) is 11.1 Å². The summed E-state index contributed by atoms with van der Waals surface area (Å²) < 4.78 is 46.3. The molecular formula is C54H65F3N8. The van der Waals surface area contributed by atoms with Gasteiger partial charge < -0.3 is 21.3 Å². The van der Waals surface area contributed by atoms with Crippen molar-refractivity contribution in [1.82, 2.24) is 25.0 Å². The van der Waals surface area contributed by atoms with Gasteiger partial charge in [-0.1, -0.05) is 82.5 Å². The Hall–Kier alpha value is -6.07. The van der Waals surface area contributed by atoms with Crippen LogP contribution in [0.1, 0.15) is 90.6 Å². The first-order chi connectivity index (χ1) is 31.1. The van der Waals surface area contributed by atoms with Gasteiger partial charge in [0.2, 0.25) is 0 Å². The van der Waals surface area contributed by atoms with Crippen molar-refractivity contribution in [1.29, 1.82) is 0 Å². The summed E-state index contributed by atoms with van der Waals surface area (Å²) in [7, 11) is 3.87. The lowest BCUT2D eigenvalue weighted by molar-refractivity contribution is -0.137. The van der Waals surface area contributed by atoms with E-state index in [1.807, 2.05) is 49.1 Å². The number of rotatable bonds is 19. The highest BCUT2D eigenvalue weighted by Gasteiger charge is 2.35. The van der Waals surface area contributed by atoms with Gasteiger partial charge in [-0.25, -0.2) is 4.98 Å². The number of fused-ring (bicyclic) bond motifs is 2. The number of halogens is 3. The molecule has 2 aromatic heterocycles. The molecule has 4 N–H and O–H groups in total. The lowest BCUT2D eigenvalue weighted by Crippen LogP contribution is -2.36. The second-order valence-corrected chi connectivity index (χ2v) is 18.1. The van der Waals surface area contributed by atoms with Crippen LogP contribution in [-0.2, 0) is 32.6 Å². The molecule has 2 atom stereocenters. The number of pyridine rings is 1. The fraction of sp³-hybridized carbons (Fsp3) is 0.370. The van der Waals surface area contributed by atoms with Crippen LogP contribution in [0.15, 0.2) is 117 Å². The quantitative estimate of drug-likeness (QED) is 0.0712. The predicted octanol–water partition coefficient (Wildman–Crippen LogP) is 11.9. The van der Waals surface area contributed by atoms with Crippen LogP contribution in [0.4, 0.5) is 24.7 Å². The minimum atomic E-state index is -4.53. The molecule has 0 radical (unpaired) electrons. The third-order valence-corrected chi connectivity index (χ3v) is 13.4. The minimum absolute atomic E-state index is 0.113. The van der Waals surface area contributed by atoms with E-state index in [0.29, 0.717) is 47.2 Å². The molecule has 0 aliphatic carbocycles. The van der Waals surface area contributed by atoms with E-state index in [9.17, 15) is 13.2 Å². The fourth-order valence-electron chi connectivity index (χ4n) is 9.72. The number of nitrogens with zero attached hydrogens (tertiary/aromatic N) is 5. The average molecular weight is 883 g/mol. The zero-order chi connectivity index (χ0) is 46.4. The van der Waals surface area contributed by atoms with Crippen LogP contribution in [0.25, 0.3) is 33.8 Å². The Labute approximate surface area is 383 Å². The van der Waals surface area contributed by atoms with Gasteiger partial charge in [0.15, 0.2) is 0 Å². The van der Waals surface area contributed by atoms with E-state index >= 15 is 0 Å². The Bertz CT molecular complexity index is 2560. The van der Waals surface area contributed by atoms with Crippen molar-refractivity contribution in [3.05, 3.63) is 156 Å². The van der Waals surface area contributed by atoms with Gasteiger partial charge in [-0.3, -0.25) is 9.58 Å². The van der Waals surface area contributed by atoms with E-state index in [1.165, 1.54) is 11.6 Å². The summed E-state index contributed by atoms with van der Waals surface area (Å²) in [6.07, 6.45) is 6.33. The van der Waals surface area contributed by atoms with Gasteiger partial charge in [0.25, 0.3) is 0 Å². The molecule has 342 valence electrons. The molecule has 11 heteroatoms. The molecule has 4 heterocycles. The summed E-state index contributed by atoms with van der Waals surface area (Å²) >= 11 is 0. The van der Waals surface area contributed by atoms with Crippen LogP contribution in [0.5, 0.6) is 0 Å². The number of aromatic nitrogens is 3. The maximum atomic E-state index is 14.8. The molecule has 0 saturated carbocycles. The lowest BCUT2D eigenvalue weighted by atomic mass is 9.86. The van der Waals surface area contributed by atoms with E-state index in [2.05, 4.69) is 84.5 Å². The highest BCUT2D eigenvalue weighted by Crippen LogP contribution is 2.41. The Morgan fingerprint density at radius 2 is 1.72 bits per heavy atom. The molecule has 1 fully saturated rings. The van der Waals surface area contributed by atoms with E-state index in [-0.39, 0.29) is 17.4 Å². The monoisotopic (exact) mass is 883 g/mol. The molecular weight excluding hydrogens is 818 g/mol. The molecule has 0 bridgehead atoms. The second kappa shape index (κ2) is 20.4. The van der Waals surface area contributed by atoms with Crippen LogP contribution in [0, 0.1) is 11.8 Å². The number of alkyl halides is 3. The molecule has 1 unspecified atom stereocenters. The van der Waals surface area contributed by atoms with Gasteiger partial charge in [0.1, 0.15) is 5.82 Å². The highest BCUT2D eigenvalue weighted by molar-refractivity contribution is 5.86. The van der Waals surface area contributed by atoms with Crippen LogP contribution >= 0.6 is 0 Å². The number of nitrogens with one attached hydrogen (secondary N) is 2. The smallest absolute Gasteiger partial charge is 0.399 e. The first-order valence-electron chi connectivity index (χ1n) is 22.9. The number of benzene rings is 3. The van der Waals surface area contributed by atoms with Crippen molar-refractivity contribution in [2.24, 2.45) is 24.6 Å². The molecule has 8 nitrogen and oxygen atoms in total. The number of piperidine rings is 1. The van der Waals surface area contributed by atoms with Crippen molar-refractivity contribution >= 4 is 34.2 Å². The summed E-state index contributed by atoms with van der Waals surface area (Å²) in [6.45, 7) is 26.6. The van der Waals surface area contributed by atoms with Crippen molar-refractivity contribution in [2.45, 2.75) is 76.9 Å². The number of anilines is 2. The van der Waals surface area contributed by atoms with E-state index in [0.717, 1.165) is 116 Å². The Kier molecular flexibility index (Phi) is 14.7. The summed E-state index contributed by atoms with van der Waals surface area (Å²) in [5.41, 5.74) is 15.9. The van der Waals surface area contributed by atoms with Crippen molar-refractivity contribution in [3.63, 3.8) is 0 Å². The van der Waals surface area contributed by atoms with E-state index < -0.39 is 11.7 Å². The van der Waals surface area contributed by atoms with Crippen LogP contribution in [0.3, 0.4) is 0 Å². The maximum absolute atomic E-state index is 14.8. The molecule has 0 amide bonds. The zero-order valence-electron chi connectivity index (χ0n) is 38.4. The maximum Gasteiger partial charge on any atom is 0.417 e. The summed E-state index contributed by atoms with van der Waals surface area (Å²) in [5, 5.41) is 12.7. The number of hydrogen-bond donors (Lipinski definition) is 3. The third-order valence-electron chi connectivity index (χ3n) is 13.4. The van der Waals surface area contributed by atoms with Gasteiger partial charge in [0, 0.05) is 78.9 Å². The molecule has 5 aromatic rings. The van der Waals surface area contributed by atoms with Gasteiger partial charge >= 0.3 is 6.18 Å². The molecule has 2 aliphatic rings. The standard InChI is InChI=1S/C54H65F3N8/c1-9-41(18-15-36(4)59-7)53-47-21-19-43(32-51(47)63(8)62-53)60-37(5)33-64-27-24-39(25-28-64)16-14-35(3)30-40-17-20-45(49(31-40)54(55,56)57)46-22-23-52(61-50(46)10-2)65-29-26-42-12-11-13-44(38(6)58)48(42)34-65/h9-13,17,19-23,31-32,35,39,41,59-60H,1-2,4-6,14-16,18,24-30,33-34,58H2,3,7-8H3/t35-,41?/m1/s1. The molecule has 0 spiro atoms. The molecule has 65 heavy (non-hydrogen) atoms. The largest absolute Gasteiger partial charge is 0.417 e. The fourth-order valence-corrected chi connectivity index (χ4v) is 9.72. The van der Waals surface area contributed by atoms with Gasteiger partial charge in [-0.2, -0.15) is 18.3 Å². The molecule has 2 aliphatic heterocycles. The topological polar surface area (TPSA) is 87.3 Å². The van der Waals surface area contributed by atoms with Crippen molar-refractivity contribution < 1.29 is 13.2 Å². The third kappa shape index (κ3) is 11.1. The SMILES string of the molecule is C=Cc1nc(N2CCc3cccc(C(=C)N)c3C2)ccc1-c1ccc(C[C@H](C)CCC2CCN(CC(=C)Nc3ccc4c(C(C=C)CCC(=C)NC)nn(C)c4c3)CC2)cc1C(F)(F)F.